The molecule has 1 nitrogen and oxygen atoms in total. The Morgan fingerprint density at radius 1 is 1.05 bits per heavy atom. The summed E-state index contributed by atoms with van der Waals surface area (Å²) >= 11 is 12.3. The number of hydrogen-bond donors (Lipinski definition) is 0. The van der Waals surface area contributed by atoms with E-state index in [4.69, 9.17) is 23.2 Å². The number of benzene rings is 1. The summed E-state index contributed by atoms with van der Waals surface area (Å²) in [6, 6.07) is 7.75. The van der Waals surface area contributed by atoms with Gasteiger partial charge in [0.15, 0.2) is 0 Å². The normalized spacial score (nSPS) is 12.1. The Balaban J connectivity index is 2.48. The highest BCUT2D eigenvalue weighted by Gasteiger charge is 2.17. The van der Waals surface area contributed by atoms with E-state index < -0.39 is 0 Å². The molecule has 0 heterocycles. The van der Waals surface area contributed by atoms with Crippen molar-refractivity contribution in [3.05, 3.63) is 33.8 Å². The third kappa shape index (κ3) is 5.43. The Hall–Kier alpha value is -0.710. The van der Waals surface area contributed by atoms with Gasteiger partial charge in [-0.15, -0.1) is 0 Å². The second-order valence-corrected chi connectivity index (χ2v) is 5.69. The van der Waals surface area contributed by atoms with Gasteiger partial charge in [-0.25, -0.2) is 0 Å². The monoisotopic (exact) mass is 297 g/mol. The maximum atomic E-state index is 9.30. The van der Waals surface area contributed by atoms with E-state index in [2.05, 4.69) is 13.0 Å². The smallest absolute Gasteiger partial charge is 0.0742 e. The summed E-state index contributed by atoms with van der Waals surface area (Å²) in [5, 5.41) is 10.5. The van der Waals surface area contributed by atoms with Crippen molar-refractivity contribution >= 4 is 23.2 Å². The maximum absolute atomic E-state index is 9.30. The first-order valence-electron chi connectivity index (χ1n) is 7.04. The summed E-state index contributed by atoms with van der Waals surface area (Å²) in [5.74, 6) is -0.188. The first kappa shape index (κ1) is 16.3. The molecule has 1 aromatic rings. The minimum absolute atomic E-state index is 0.188. The van der Waals surface area contributed by atoms with E-state index in [1.807, 2.05) is 6.07 Å². The van der Waals surface area contributed by atoms with Crippen LogP contribution in [-0.4, -0.2) is 0 Å². The topological polar surface area (TPSA) is 23.8 Å². The Kier molecular flexibility index (Phi) is 7.94. The number of unbranched alkanes of at least 4 members (excludes halogenated alkanes) is 5. The van der Waals surface area contributed by atoms with Gasteiger partial charge in [0.25, 0.3) is 0 Å². The van der Waals surface area contributed by atoms with E-state index in [0.29, 0.717) is 10.0 Å². The molecule has 1 aromatic carbocycles. The second kappa shape index (κ2) is 9.23. The standard InChI is InChI=1S/C16H21Cl2N/c1-2-3-4-5-6-7-9-13(12-19)16-14(17)10-8-11-15(16)18/h8,10-11,13H,2-7,9H2,1H3/t13-/m0/s1. The fourth-order valence-corrected chi connectivity index (χ4v) is 2.91. The zero-order chi connectivity index (χ0) is 14.1. The first-order valence-corrected chi connectivity index (χ1v) is 7.79. The molecule has 0 spiro atoms. The zero-order valence-corrected chi connectivity index (χ0v) is 13.0. The van der Waals surface area contributed by atoms with E-state index in [-0.39, 0.29) is 5.92 Å². The van der Waals surface area contributed by atoms with Crippen molar-refractivity contribution in [2.24, 2.45) is 0 Å². The average molecular weight is 298 g/mol. The van der Waals surface area contributed by atoms with Gasteiger partial charge < -0.3 is 0 Å². The van der Waals surface area contributed by atoms with Crippen molar-refractivity contribution in [3.8, 4) is 6.07 Å². The van der Waals surface area contributed by atoms with Crippen molar-refractivity contribution < 1.29 is 0 Å². The lowest BCUT2D eigenvalue weighted by molar-refractivity contribution is 0.575. The van der Waals surface area contributed by atoms with E-state index in [1.54, 1.807) is 12.1 Å². The Bertz CT molecular complexity index is 403. The molecule has 0 saturated heterocycles. The van der Waals surface area contributed by atoms with Crippen LogP contribution in [0.25, 0.3) is 0 Å². The van der Waals surface area contributed by atoms with Gasteiger partial charge in [-0.1, -0.05) is 74.7 Å². The summed E-state index contributed by atoms with van der Waals surface area (Å²) in [5.41, 5.74) is 0.793. The van der Waals surface area contributed by atoms with Crippen LogP contribution in [0.4, 0.5) is 0 Å². The van der Waals surface area contributed by atoms with Crippen molar-refractivity contribution in [2.75, 3.05) is 0 Å². The highest BCUT2D eigenvalue weighted by molar-refractivity contribution is 6.36. The van der Waals surface area contributed by atoms with Gasteiger partial charge in [-0.2, -0.15) is 5.26 Å². The number of hydrogen-bond acceptors (Lipinski definition) is 1. The maximum Gasteiger partial charge on any atom is 0.0742 e. The fraction of sp³-hybridized carbons (Fsp3) is 0.562. The highest BCUT2D eigenvalue weighted by Crippen LogP contribution is 2.34. The van der Waals surface area contributed by atoms with Crippen LogP contribution in [0.1, 0.15) is 63.4 Å². The lowest BCUT2D eigenvalue weighted by Crippen LogP contribution is -1.98. The summed E-state index contributed by atoms with van der Waals surface area (Å²) in [6.07, 6.45) is 8.19. The molecule has 0 amide bonds. The quantitative estimate of drug-likeness (QED) is 0.513. The second-order valence-electron chi connectivity index (χ2n) is 4.87. The molecule has 0 unspecified atom stereocenters. The molecule has 0 radical (unpaired) electrons. The van der Waals surface area contributed by atoms with Crippen molar-refractivity contribution in [3.63, 3.8) is 0 Å². The van der Waals surface area contributed by atoms with Gasteiger partial charge in [-0.05, 0) is 18.6 Å². The SMILES string of the molecule is CCCCCCCC[C@@H](C#N)c1c(Cl)cccc1Cl. The summed E-state index contributed by atoms with van der Waals surface area (Å²) in [7, 11) is 0. The van der Waals surface area contributed by atoms with Crippen LogP contribution in [0.5, 0.6) is 0 Å². The molecule has 104 valence electrons. The van der Waals surface area contributed by atoms with Gasteiger partial charge >= 0.3 is 0 Å². The molecular formula is C16H21Cl2N. The van der Waals surface area contributed by atoms with Crippen molar-refractivity contribution in [2.45, 2.75) is 57.8 Å². The first-order chi connectivity index (χ1) is 9.20. The van der Waals surface area contributed by atoms with Crippen LogP contribution in [0.15, 0.2) is 18.2 Å². The third-order valence-electron chi connectivity index (χ3n) is 3.35. The van der Waals surface area contributed by atoms with Crippen LogP contribution in [0, 0.1) is 11.3 Å². The number of nitrogens with zero attached hydrogens (tertiary/aromatic N) is 1. The Morgan fingerprint density at radius 3 is 2.21 bits per heavy atom. The van der Waals surface area contributed by atoms with Crippen LogP contribution in [0.3, 0.4) is 0 Å². The zero-order valence-electron chi connectivity index (χ0n) is 11.5. The third-order valence-corrected chi connectivity index (χ3v) is 4.01. The largest absolute Gasteiger partial charge is 0.198 e. The number of rotatable bonds is 8. The minimum atomic E-state index is -0.188. The van der Waals surface area contributed by atoms with E-state index in [9.17, 15) is 5.26 Å². The summed E-state index contributed by atoms with van der Waals surface area (Å²) < 4.78 is 0. The fourth-order valence-electron chi connectivity index (χ4n) is 2.25. The molecule has 0 aliphatic heterocycles. The van der Waals surface area contributed by atoms with Gasteiger partial charge in [0.1, 0.15) is 0 Å². The molecule has 19 heavy (non-hydrogen) atoms. The van der Waals surface area contributed by atoms with Crippen molar-refractivity contribution in [1.29, 1.82) is 5.26 Å². The molecule has 1 rings (SSSR count). The number of nitriles is 1. The molecule has 0 fully saturated rings. The van der Waals surface area contributed by atoms with Crippen LogP contribution in [-0.2, 0) is 0 Å². The molecule has 0 aromatic heterocycles. The number of halogens is 2. The summed E-state index contributed by atoms with van der Waals surface area (Å²) in [4.78, 5) is 0. The Labute approximate surface area is 126 Å². The molecule has 0 aliphatic rings. The molecule has 0 saturated carbocycles. The van der Waals surface area contributed by atoms with Gasteiger partial charge in [-0.3, -0.25) is 0 Å². The lowest BCUT2D eigenvalue weighted by Gasteiger charge is -2.13. The highest BCUT2D eigenvalue weighted by atomic mass is 35.5. The van der Waals surface area contributed by atoms with Gasteiger partial charge in [0.2, 0.25) is 0 Å². The van der Waals surface area contributed by atoms with Gasteiger partial charge in [0.05, 0.1) is 12.0 Å². The molecule has 0 aliphatic carbocycles. The van der Waals surface area contributed by atoms with Crippen molar-refractivity contribution in [1.82, 2.24) is 0 Å². The van der Waals surface area contributed by atoms with Gasteiger partial charge in [0, 0.05) is 15.6 Å². The average Bonchev–Trinajstić information content (AvgIpc) is 2.40. The molecular weight excluding hydrogens is 277 g/mol. The van der Waals surface area contributed by atoms with Crippen LogP contribution in [0.2, 0.25) is 10.0 Å². The lowest BCUT2D eigenvalue weighted by atomic mass is 9.94. The Morgan fingerprint density at radius 2 is 1.63 bits per heavy atom. The summed E-state index contributed by atoms with van der Waals surface area (Å²) in [6.45, 7) is 2.21. The van der Waals surface area contributed by atoms with E-state index in [1.165, 1.54) is 32.1 Å². The van der Waals surface area contributed by atoms with Crippen LogP contribution >= 0.6 is 23.2 Å². The predicted octanol–water partition coefficient (Wildman–Crippen LogP) is 6.35. The molecule has 1 atom stereocenters. The molecule has 3 heteroatoms. The molecule has 0 N–H and O–H groups in total. The minimum Gasteiger partial charge on any atom is -0.198 e. The van der Waals surface area contributed by atoms with E-state index >= 15 is 0 Å². The predicted molar refractivity (Wildman–Crippen MR) is 82.8 cm³/mol. The van der Waals surface area contributed by atoms with E-state index in [0.717, 1.165) is 18.4 Å². The molecule has 0 bridgehead atoms. The van der Waals surface area contributed by atoms with Crippen LogP contribution < -0.4 is 0 Å².